The van der Waals surface area contributed by atoms with E-state index in [1.165, 1.54) is 0 Å². The van der Waals surface area contributed by atoms with Crippen LogP contribution in [0, 0.1) is 24.8 Å². The van der Waals surface area contributed by atoms with E-state index < -0.39 is 203 Å². The molecule has 0 N–H and O–H groups in total. The fraction of sp³-hybridized carbons (Fsp3) is 0.272. The van der Waals surface area contributed by atoms with Gasteiger partial charge in [0.1, 0.15) is 24.8 Å². The van der Waals surface area contributed by atoms with Gasteiger partial charge in [-0.15, -0.1) is 22.9 Å². The van der Waals surface area contributed by atoms with Crippen LogP contribution in [0.25, 0.3) is 60.8 Å². The summed E-state index contributed by atoms with van der Waals surface area (Å²) in [6.07, 6.45) is -9.73. The van der Waals surface area contributed by atoms with Crippen LogP contribution in [-0.4, -0.2) is 19.4 Å². The highest BCUT2D eigenvalue weighted by Crippen LogP contribution is 2.50. The summed E-state index contributed by atoms with van der Waals surface area (Å²) in [4.78, 5) is 0. The van der Waals surface area contributed by atoms with Crippen molar-refractivity contribution in [2.75, 3.05) is 0 Å². The summed E-state index contributed by atoms with van der Waals surface area (Å²) < 4.78 is 369. The Hall–Kier alpha value is -9.49. The van der Waals surface area contributed by atoms with Gasteiger partial charge in [-0.2, -0.15) is 22.8 Å². The van der Waals surface area contributed by atoms with Crippen LogP contribution in [0.3, 0.4) is 0 Å². The number of nitrogens with zero attached hydrogens (tertiary/aromatic N) is 4. The maximum Gasteiger partial charge on any atom is 0.350 e. The zero-order chi connectivity index (χ0) is 100. The third-order valence-corrected chi connectivity index (χ3v) is 23.8. The highest BCUT2D eigenvalue weighted by Gasteiger charge is 2.45. The van der Waals surface area contributed by atoms with Crippen LogP contribution >= 0.6 is 0 Å². The van der Waals surface area contributed by atoms with Crippen molar-refractivity contribution in [2.24, 2.45) is 5.41 Å². The van der Waals surface area contributed by atoms with Gasteiger partial charge in [-0.1, -0.05) is 257 Å². The molecule has 0 saturated carbocycles. The molecule has 492 valence electrons. The van der Waals surface area contributed by atoms with E-state index in [1.807, 2.05) is 108 Å². The Labute approximate surface area is 636 Å². The number of unbranched alkanes of at least 4 members (excludes halogenated alkanes) is 1. The first-order chi connectivity index (χ1) is 62.6. The normalized spacial score (nSPS) is 25.1. The van der Waals surface area contributed by atoms with Gasteiger partial charge in [-0.3, -0.25) is 4.57 Å². The Morgan fingerprint density at radius 3 is 1.72 bits per heavy atom. The predicted octanol–water partition coefficient (Wildman–Crippen LogP) is 18.3. The lowest BCUT2D eigenvalue weighted by Gasteiger charge is -2.42. The van der Waals surface area contributed by atoms with Crippen molar-refractivity contribution < 1.29 is 75.1 Å². The molecule has 12 aromatic rings. The highest BCUT2D eigenvalue weighted by atomic mass is 28.3. The van der Waals surface area contributed by atoms with Gasteiger partial charge in [0.05, 0.1) is 30.5 Å². The number of aromatic nitrogens is 3. The van der Waals surface area contributed by atoms with Crippen molar-refractivity contribution in [3.05, 3.63) is 294 Å². The number of rotatable bonds is 15. The summed E-state index contributed by atoms with van der Waals surface area (Å²) in [5, 5.41) is 6.00. The maximum atomic E-state index is 10.4. The van der Waals surface area contributed by atoms with Crippen LogP contribution < -0.4 is 39.2 Å². The van der Waals surface area contributed by atoms with Crippen LogP contribution in [-0.2, 0) is 34.6 Å². The average Bonchev–Trinajstić information content (AvgIpc) is 0.730. The lowest BCUT2D eigenvalue weighted by molar-refractivity contribution is -0.749. The number of para-hydroxylation sites is 3. The lowest BCUT2D eigenvalue weighted by Crippen LogP contribution is -2.75. The third kappa shape index (κ3) is 11.1. The summed E-state index contributed by atoms with van der Waals surface area (Å²) in [6, 6.07) is 49.0. The number of aryl methyl sites for hydroxylation is 2. The summed E-state index contributed by atoms with van der Waals surface area (Å²) >= 11 is 0. The minimum Gasteiger partial charge on any atom is -0.459 e. The molecule has 0 radical (unpaired) electrons. The van der Waals surface area contributed by atoms with Crippen molar-refractivity contribution in [2.45, 2.75) is 155 Å². The summed E-state index contributed by atoms with van der Waals surface area (Å²) in [5.74, 6) is 0.939. The lowest BCUT2D eigenvalue weighted by atomic mass is 9.62. The first kappa shape index (κ1) is 34.3. The molecule has 0 unspecified atom stereocenters. The van der Waals surface area contributed by atoms with Gasteiger partial charge >= 0.3 is 12.5 Å². The van der Waals surface area contributed by atoms with Crippen molar-refractivity contribution in [3.8, 4) is 39.4 Å². The second-order valence-corrected chi connectivity index (χ2v) is 30.2. The molecule has 3 aliphatic rings. The number of allylic oxidation sites excluding steroid dienone is 2. The van der Waals surface area contributed by atoms with Crippen LogP contribution in [0.4, 0.5) is 0 Å². The Morgan fingerprint density at radius 1 is 0.612 bits per heavy atom. The molecule has 10 aromatic carbocycles. The largest absolute Gasteiger partial charge is 0.459 e. The van der Waals surface area contributed by atoms with Gasteiger partial charge in [0, 0.05) is 68.0 Å². The second-order valence-electron chi connectivity index (χ2n) is 26.4. The van der Waals surface area contributed by atoms with E-state index in [1.54, 1.807) is 27.3 Å². The van der Waals surface area contributed by atoms with Crippen LogP contribution in [0.5, 0.6) is 11.5 Å². The molecule has 3 heterocycles. The van der Waals surface area contributed by atoms with E-state index in [2.05, 4.69) is 112 Å². The summed E-state index contributed by atoms with van der Waals surface area (Å²) in [5.41, 5.74) is -25.4. The zero-order valence-electron chi connectivity index (χ0n) is 92.4. The monoisotopic (exact) mass is 1340 g/mol. The molecule has 2 aromatic heterocycles. The number of fused-ring (bicyclic) bond motifs is 6. The molecule has 0 fully saturated rings. The Kier molecular flexibility index (Phi) is 8.58. The van der Waals surface area contributed by atoms with Crippen molar-refractivity contribution in [1.29, 1.82) is 0 Å². The molecule has 0 bridgehead atoms. The first-order valence-corrected chi connectivity index (χ1v) is 34.4. The number of hydrogen-bond donors (Lipinski definition) is 0. The molecule has 0 amide bonds. The standard InChI is InChI=1S/C92H94N4OSi/c1-63-86-76(75-40-23-24-43-81(75)96(86)85-59-66(88(2,3)4)50-56-93(85)13)61-84(98(69-33-17-14-18-34-69,70-35-19-15-20-36-70)71-37-21-16-22-38-71)87(63)97-68-32-29-31-67(60-68)95-62-94(82-44-25-26-45-83(82)95)55-28-27-39-74-72(64-46-48-77-79(57-64)91(9,10)53-51-89(77,5)6)41-30-42-73(74)65-47-49-78-80(58-65)92(11,12)54-52-90(78,7)8/h14-26,29-38,40-50,56-61H,13,27-28,39,51-55H2,1-12H3/i5D3,6D3,7D3,8D3,9D3,10D3,11D3,12D3,46D,47D,48D,49D,51D2,52D2,53D2,54D2,57D,58D. The SMILES string of the molecule is [2H]c1c([2H])c2c(c([2H])c1-c1cccc(-c3c([2H])c([2H])c4c(c3[2H])C(C([2H])([2H])[2H])(C([2H])([2H])[2H])C([2H])([2H])C([2H])([2H])C4(C([2H])([2H])[2H])C([2H])([2H])[2H])c1CCCC[n+]1[c-][n+](-c3cccc(Oc4c([Si](c5ccccc5)(c5ccccc5)c5ccccc5)cc5c6cccc[c-]6[n+]([C-]6C=C(C(C)(C)C)C=C[N+]6=C)c5c4C)c3)c3cccc[c-]31)C(C([2H])([2H])[2H])(C([2H])([2H])[2H])C([2H])([2H])C([2H])([2H])C2(C([2H])([2H])[2H])C([2H])([2H])[2H]. The summed E-state index contributed by atoms with van der Waals surface area (Å²) in [6.45, 7) is -23.2. The molecule has 15 rings (SSSR count). The second kappa shape index (κ2) is 24.5. The quantitative estimate of drug-likeness (QED) is 0.0330. The Bertz CT molecular complexity index is 6540. The van der Waals surface area contributed by atoms with Gasteiger partial charge < -0.3 is 13.9 Å². The van der Waals surface area contributed by atoms with Gasteiger partial charge in [0.25, 0.3) is 0 Å². The smallest absolute Gasteiger partial charge is 0.350 e. The van der Waals surface area contributed by atoms with E-state index >= 15 is 0 Å². The molecule has 6 heteroatoms. The van der Waals surface area contributed by atoms with E-state index in [0.717, 1.165) is 78.1 Å². The molecule has 5 nitrogen and oxygen atoms in total. The number of hydrogen-bond acceptors (Lipinski definition) is 1. The number of ether oxygens (including phenoxy) is 1. The first-order valence-electron chi connectivity index (χ1n) is 51.4. The molecule has 98 heavy (non-hydrogen) atoms. The topological polar surface area (TPSA) is 23.9 Å². The fourth-order valence-corrected chi connectivity index (χ4v) is 19.1. The molecule has 2 aliphatic carbocycles. The predicted molar refractivity (Wildman–Crippen MR) is 409 cm³/mol. The van der Waals surface area contributed by atoms with Gasteiger partial charge in [0.2, 0.25) is 0 Å². The van der Waals surface area contributed by atoms with E-state index in [4.69, 9.17) is 37.6 Å². The average molecular weight is 1340 g/mol. The molecule has 0 spiro atoms. The van der Waals surface area contributed by atoms with Gasteiger partial charge in [-0.25, -0.2) is 0 Å². The van der Waals surface area contributed by atoms with E-state index in [0.29, 0.717) is 28.2 Å². The molecule has 1 aliphatic heterocycles. The molecule has 0 atom stereocenters. The van der Waals surface area contributed by atoms with Crippen LogP contribution in [0.15, 0.2) is 248 Å². The minimum atomic E-state index is -4.82. The maximum absolute atomic E-state index is 10.4. The molecular weight excluding hydrogens is 1210 g/mol. The molecular formula is C92H94N4OSi. The van der Waals surface area contributed by atoms with Crippen molar-refractivity contribution in [1.82, 2.24) is 0 Å². The fourth-order valence-electron chi connectivity index (χ4n) is 14.2. The van der Waals surface area contributed by atoms with Gasteiger partial charge in [0.15, 0.2) is 14.3 Å². The number of imidazole rings is 1. The molecule has 0 saturated heterocycles. The zero-order valence-corrected chi connectivity index (χ0v) is 55.4. The van der Waals surface area contributed by atoms with Gasteiger partial charge in [-0.05, 0) is 166 Å². The Balaban J connectivity index is 0.947. The Morgan fingerprint density at radius 2 is 1.15 bits per heavy atom. The van der Waals surface area contributed by atoms with E-state index in [-0.39, 0.29) is 24.8 Å². The number of benzene rings is 10. The van der Waals surface area contributed by atoms with E-state index in [9.17, 15) is 19.2 Å². The minimum absolute atomic E-state index is 0.0622. The van der Waals surface area contributed by atoms with Crippen molar-refractivity contribution in [3.63, 3.8) is 0 Å². The highest BCUT2D eigenvalue weighted by molar-refractivity contribution is 7.20. The third-order valence-electron chi connectivity index (χ3n) is 19.0. The van der Waals surface area contributed by atoms with Crippen LogP contribution in [0.1, 0.15) is 199 Å². The van der Waals surface area contributed by atoms with Crippen LogP contribution in [0.2, 0.25) is 0 Å². The summed E-state index contributed by atoms with van der Waals surface area (Å²) in [7, 11) is -3.56. The van der Waals surface area contributed by atoms with Crippen molar-refractivity contribution >= 4 is 68.4 Å².